The average Bonchev–Trinajstić information content (AvgIpc) is 3.11. The lowest BCUT2D eigenvalue weighted by Crippen LogP contribution is -1.97. The summed E-state index contributed by atoms with van der Waals surface area (Å²) in [6.45, 7) is 0. The fraction of sp³-hybridized carbons (Fsp3) is 0.286. The number of nitriles is 1. The van der Waals surface area contributed by atoms with Crippen molar-refractivity contribution >= 4 is 12.2 Å². The summed E-state index contributed by atoms with van der Waals surface area (Å²) in [6, 6.07) is 8.30. The lowest BCUT2D eigenvalue weighted by atomic mass is 10.1. The molecule has 0 radical (unpaired) electrons. The van der Waals surface area contributed by atoms with Gasteiger partial charge in [-0.2, -0.15) is 5.26 Å². The molecule has 1 N–H and O–H groups in total. The number of nitrogens with zero attached hydrogens (tertiary/aromatic N) is 2. The summed E-state index contributed by atoms with van der Waals surface area (Å²) in [7, 11) is 1.98. The molecule has 0 atom stereocenters. The van der Waals surface area contributed by atoms with E-state index in [2.05, 4.69) is 17.1 Å². The first-order valence-corrected chi connectivity index (χ1v) is 6.40. The van der Waals surface area contributed by atoms with Crippen LogP contribution in [0.4, 0.5) is 0 Å². The molecule has 3 rings (SSSR count). The minimum absolute atomic E-state index is 0.554. The van der Waals surface area contributed by atoms with Gasteiger partial charge in [0.1, 0.15) is 10.7 Å². The standard InChI is InChI=1S/C14H13N3S/c1-17-6-2-3-13(17)10-7-12(9-4-5-9)16-14(18)11(10)8-15/h2-3,6-7,9H,4-5H2,1H3,(H,16,18). The minimum atomic E-state index is 0.554. The first kappa shape index (κ1) is 11.2. The summed E-state index contributed by atoms with van der Waals surface area (Å²) < 4.78 is 2.57. The molecule has 1 aliphatic carbocycles. The van der Waals surface area contributed by atoms with Crippen LogP contribution >= 0.6 is 12.2 Å². The van der Waals surface area contributed by atoms with Gasteiger partial charge < -0.3 is 9.55 Å². The van der Waals surface area contributed by atoms with E-state index in [9.17, 15) is 5.26 Å². The average molecular weight is 255 g/mol. The number of hydrogen-bond donors (Lipinski definition) is 1. The van der Waals surface area contributed by atoms with Crippen molar-refractivity contribution in [2.75, 3.05) is 0 Å². The summed E-state index contributed by atoms with van der Waals surface area (Å²) >= 11 is 5.30. The molecule has 1 aliphatic rings. The van der Waals surface area contributed by atoms with Gasteiger partial charge >= 0.3 is 0 Å². The largest absolute Gasteiger partial charge is 0.351 e. The maximum absolute atomic E-state index is 9.29. The summed E-state index contributed by atoms with van der Waals surface area (Å²) in [5.74, 6) is 0.596. The fourth-order valence-corrected chi connectivity index (χ4v) is 2.52. The highest BCUT2D eigenvalue weighted by atomic mass is 32.1. The van der Waals surface area contributed by atoms with Gasteiger partial charge in [0.15, 0.2) is 0 Å². The first-order valence-electron chi connectivity index (χ1n) is 5.99. The number of nitrogens with one attached hydrogen (secondary N) is 1. The maximum Gasteiger partial charge on any atom is 0.122 e. The Morgan fingerprint density at radius 2 is 2.28 bits per heavy atom. The van der Waals surface area contributed by atoms with Crippen molar-refractivity contribution < 1.29 is 0 Å². The van der Waals surface area contributed by atoms with Crippen molar-refractivity contribution in [2.24, 2.45) is 7.05 Å². The third-order valence-electron chi connectivity index (χ3n) is 3.40. The van der Waals surface area contributed by atoms with Crippen molar-refractivity contribution in [3.63, 3.8) is 0 Å². The van der Waals surface area contributed by atoms with Crippen LogP contribution in [0.5, 0.6) is 0 Å². The van der Waals surface area contributed by atoms with Crippen LogP contribution in [0.3, 0.4) is 0 Å². The highest BCUT2D eigenvalue weighted by molar-refractivity contribution is 7.71. The smallest absolute Gasteiger partial charge is 0.122 e. The molecule has 1 fully saturated rings. The molecule has 0 aliphatic heterocycles. The number of hydrogen-bond acceptors (Lipinski definition) is 2. The highest BCUT2D eigenvalue weighted by Gasteiger charge is 2.25. The molecule has 0 bridgehead atoms. The number of aromatic amines is 1. The van der Waals surface area contributed by atoms with E-state index in [0.29, 0.717) is 16.1 Å². The Kier molecular flexibility index (Phi) is 2.57. The van der Waals surface area contributed by atoms with Crippen LogP contribution in [0.2, 0.25) is 0 Å². The zero-order chi connectivity index (χ0) is 12.7. The molecule has 0 aromatic carbocycles. The number of aromatic nitrogens is 2. The van der Waals surface area contributed by atoms with Crippen LogP contribution in [-0.4, -0.2) is 9.55 Å². The molecule has 0 spiro atoms. The third kappa shape index (κ3) is 1.77. The maximum atomic E-state index is 9.29. The number of H-pyrrole nitrogens is 1. The Morgan fingerprint density at radius 3 is 2.83 bits per heavy atom. The number of rotatable bonds is 2. The molecule has 4 heteroatoms. The van der Waals surface area contributed by atoms with Crippen molar-refractivity contribution in [2.45, 2.75) is 18.8 Å². The normalized spacial score (nSPS) is 14.4. The number of aryl methyl sites for hydroxylation is 1. The molecule has 0 saturated heterocycles. The van der Waals surface area contributed by atoms with Gasteiger partial charge in [-0.3, -0.25) is 0 Å². The zero-order valence-electron chi connectivity index (χ0n) is 10.1. The molecular weight excluding hydrogens is 242 g/mol. The molecule has 2 aromatic heterocycles. The topological polar surface area (TPSA) is 44.5 Å². The van der Waals surface area contributed by atoms with Gasteiger partial charge in [0.2, 0.25) is 0 Å². The Morgan fingerprint density at radius 1 is 1.50 bits per heavy atom. The van der Waals surface area contributed by atoms with Gasteiger partial charge in [0.05, 0.1) is 5.56 Å². The summed E-state index contributed by atoms with van der Waals surface area (Å²) in [6.07, 6.45) is 4.40. The lowest BCUT2D eigenvalue weighted by Gasteiger charge is -2.09. The molecule has 0 unspecified atom stereocenters. The van der Waals surface area contributed by atoms with Crippen molar-refractivity contribution in [3.05, 3.63) is 40.3 Å². The second-order valence-corrected chi connectivity index (χ2v) is 5.14. The van der Waals surface area contributed by atoms with Crippen molar-refractivity contribution in [1.82, 2.24) is 9.55 Å². The van der Waals surface area contributed by atoms with Gasteiger partial charge in [-0.25, -0.2) is 0 Å². The molecule has 1 saturated carbocycles. The van der Waals surface area contributed by atoms with Crippen molar-refractivity contribution in [3.8, 4) is 17.3 Å². The monoisotopic (exact) mass is 255 g/mol. The van der Waals surface area contributed by atoms with Crippen LogP contribution in [0.15, 0.2) is 24.4 Å². The van der Waals surface area contributed by atoms with E-state index in [-0.39, 0.29) is 0 Å². The summed E-state index contributed by atoms with van der Waals surface area (Å²) in [4.78, 5) is 3.19. The molecule has 18 heavy (non-hydrogen) atoms. The predicted octanol–water partition coefficient (Wildman–Crippen LogP) is 3.50. The minimum Gasteiger partial charge on any atom is -0.351 e. The third-order valence-corrected chi connectivity index (χ3v) is 3.71. The lowest BCUT2D eigenvalue weighted by molar-refractivity contribution is 0.932. The van der Waals surface area contributed by atoms with Gasteiger partial charge in [0, 0.05) is 30.2 Å². The molecular formula is C14H13N3S. The molecule has 3 nitrogen and oxygen atoms in total. The molecule has 2 aromatic rings. The van der Waals surface area contributed by atoms with Crippen LogP contribution in [0.1, 0.15) is 30.0 Å². The Balaban J connectivity index is 2.26. The predicted molar refractivity (Wildman–Crippen MR) is 72.7 cm³/mol. The Bertz CT molecular complexity index is 699. The van der Waals surface area contributed by atoms with Gasteiger partial charge in [-0.15, -0.1) is 0 Å². The SMILES string of the molecule is Cn1cccc1-c1cc(C2CC2)[nH]c(=S)c1C#N. The number of pyridine rings is 1. The van der Waals surface area contributed by atoms with E-state index in [1.54, 1.807) is 0 Å². The second kappa shape index (κ2) is 4.11. The van der Waals surface area contributed by atoms with E-state index in [1.165, 1.54) is 12.8 Å². The van der Waals surface area contributed by atoms with Crippen LogP contribution < -0.4 is 0 Å². The first-order chi connectivity index (χ1) is 8.70. The summed E-state index contributed by atoms with van der Waals surface area (Å²) in [5.41, 5.74) is 3.70. The quantitative estimate of drug-likeness (QED) is 0.835. The van der Waals surface area contributed by atoms with Crippen molar-refractivity contribution in [1.29, 1.82) is 5.26 Å². The van der Waals surface area contributed by atoms with Gasteiger partial charge in [-0.05, 0) is 37.0 Å². The van der Waals surface area contributed by atoms with Gasteiger partial charge in [0.25, 0.3) is 0 Å². The molecule has 2 heterocycles. The molecule has 0 amide bonds. The van der Waals surface area contributed by atoms with E-state index in [0.717, 1.165) is 17.0 Å². The van der Waals surface area contributed by atoms with E-state index >= 15 is 0 Å². The van der Waals surface area contributed by atoms with Gasteiger partial charge in [-0.1, -0.05) is 12.2 Å². The van der Waals surface area contributed by atoms with E-state index in [1.807, 2.05) is 29.9 Å². The zero-order valence-corrected chi connectivity index (χ0v) is 10.9. The second-order valence-electron chi connectivity index (χ2n) is 4.73. The Hall–Kier alpha value is -1.86. The van der Waals surface area contributed by atoms with Crippen LogP contribution in [0, 0.1) is 16.0 Å². The molecule has 90 valence electrons. The summed E-state index contributed by atoms with van der Waals surface area (Å²) in [5, 5.41) is 9.29. The van der Waals surface area contributed by atoms with Crippen LogP contribution in [-0.2, 0) is 7.05 Å². The highest BCUT2D eigenvalue weighted by Crippen LogP contribution is 2.40. The van der Waals surface area contributed by atoms with Crippen LogP contribution in [0.25, 0.3) is 11.3 Å². The van der Waals surface area contributed by atoms with E-state index < -0.39 is 0 Å². The Labute approximate surface area is 111 Å². The fourth-order valence-electron chi connectivity index (χ4n) is 2.25. The van der Waals surface area contributed by atoms with E-state index in [4.69, 9.17) is 12.2 Å².